The molecule has 2 aromatic carbocycles. The van der Waals surface area contributed by atoms with E-state index in [0.717, 1.165) is 0 Å². The van der Waals surface area contributed by atoms with Gasteiger partial charge in [0.05, 0.1) is 33.5 Å². The number of benzene rings is 2. The molecule has 158 valence electrons. The molecule has 0 aliphatic rings. The van der Waals surface area contributed by atoms with E-state index in [1.165, 1.54) is 21.3 Å². The number of ether oxygens (including phenoxy) is 5. The maximum Gasteiger partial charge on any atom is 0.338 e. The topological polar surface area (TPSA) is 102 Å². The van der Waals surface area contributed by atoms with E-state index in [2.05, 4.69) is 10.2 Å². The SMILES string of the molecule is CCOc1ccc(C(=O)OCc2nnc(-c3cc(OC)c(OC)c(OC)c3)o2)cc1. The van der Waals surface area contributed by atoms with Gasteiger partial charge in [0.25, 0.3) is 5.89 Å². The molecule has 3 rings (SSSR count). The quantitative estimate of drug-likeness (QED) is 0.487. The van der Waals surface area contributed by atoms with E-state index in [-0.39, 0.29) is 18.4 Å². The average Bonchev–Trinajstić information content (AvgIpc) is 3.26. The molecule has 0 spiro atoms. The summed E-state index contributed by atoms with van der Waals surface area (Å²) < 4.78 is 32.2. The molecule has 1 heterocycles. The van der Waals surface area contributed by atoms with E-state index >= 15 is 0 Å². The Morgan fingerprint density at radius 3 is 2.20 bits per heavy atom. The molecule has 0 saturated heterocycles. The Labute approximate surface area is 173 Å². The van der Waals surface area contributed by atoms with Crippen molar-refractivity contribution in [2.75, 3.05) is 27.9 Å². The minimum Gasteiger partial charge on any atom is -0.494 e. The molecule has 0 amide bonds. The van der Waals surface area contributed by atoms with Gasteiger partial charge >= 0.3 is 5.97 Å². The molecular formula is C21H22N2O7. The van der Waals surface area contributed by atoms with Crippen molar-refractivity contribution >= 4 is 5.97 Å². The van der Waals surface area contributed by atoms with Gasteiger partial charge in [-0.05, 0) is 43.3 Å². The Balaban J connectivity index is 1.70. The zero-order valence-electron chi connectivity index (χ0n) is 17.1. The summed E-state index contributed by atoms with van der Waals surface area (Å²) in [6.07, 6.45) is 0. The lowest BCUT2D eigenvalue weighted by Gasteiger charge is -2.12. The van der Waals surface area contributed by atoms with Crippen molar-refractivity contribution in [3.8, 4) is 34.5 Å². The molecule has 0 radical (unpaired) electrons. The van der Waals surface area contributed by atoms with Gasteiger partial charge in [-0.1, -0.05) is 0 Å². The molecule has 0 fully saturated rings. The van der Waals surface area contributed by atoms with Crippen LogP contribution in [0.4, 0.5) is 0 Å². The number of aromatic nitrogens is 2. The van der Waals surface area contributed by atoms with Gasteiger partial charge in [-0.2, -0.15) is 0 Å². The number of carbonyl (C=O) groups excluding carboxylic acids is 1. The Bertz CT molecular complexity index is 974. The Morgan fingerprint density at radius 1 is 0.967 bits per heavy atom. The van der Waals surface area contributed by atoms with Crippen LogP contribution in [-0.4, -0.2) is 44.1 Å². The lowest BCUT2D eigenvalue weighted by Crippen LogP contribution is -2.05. The molecule has 9 heteroatoms. The second-order valence-electron chi connectivity index (χ2n) is 5.95. The fraction of sp³-hybridized carbons (Fsp3) is 0.286. The van der Waals surface area contributed by atoms with Crippen LogP contribution in [0.5, 0.6) is 23.0 Å². The normalized spacial score (nSPS) is 10.4. The first kappa shape index (κ1) is 21.0. The van der Waals surface area contributed by atoms with E-state index in [9.17, 15) is 4.79 Å². The van der Waals surface area contributed by atoms with E-state index in [1.54, 1.807) is 36.4 Å². The highest BCUT2D eigenvalue weighted by Gasteiger charge is 2.18. The zero-order valence-corrected chi connectivity index (χ0v) is 17.1. The number of nitrogens with zero attached hydrogens (tertiary/aromatic N) is 2. The van der Waals surface area contributed by atoms with E-state index in [0.29, 0.717) is 40.7 Å². The maximum absolute atomic E-state index is 12.2. The Kier molecular flexibility index (Phi) is 6.74. The van der Waals surface area contributed by atoms with Gasteiger partial charge in [-0.25, -0.2) is 4.79 Å². The van der Waals surface area contributed by atoms with Crippen molar-refractivity contribution < 1.29 is 32.9 Å². The number of rotatable bonds is 9. The molecule has 0 N–H and O–H groups in total. The molecule has 9 nitrogen and oxygen atoms in total. The van der Waals surface area contributed by atoms with E-state index < -0.39 is 5.97 Å². The molecule has 0 saturated carbocycles. The summed E-state index contributed by atoms with van der Waals surface area (Å²) in [6, 6.07) is 10.0. The molecular weight excluding hydrogens is 392 g/mol. The molecule has 0 aliphatic heterocycles. The summed E-state index contributed by atoms with van der Waals surface area (Å²) in [5, 5.41) is 7.92. The Hall–Kier alpha value is -3.75. The van der Waals surface area contributed by atoms with Gasteiger partial charge in [0, 0.05) is 5.56 Å². The fourth-order valence-electron chi connectivity index (χ4n) is 2.70. The number of hydrogen-bond acceptors (Lipinski definition) is 9. The molecule has 0 atom stereocenters. The highest BCUT2D eigenvalue weighted by atomic mass is 16.5. The number of hydrogen-bond donors (Lipinski definition) is 0. The molecule has 1 aromatic heterocycles. The second-order valence-corrected chi connectivity index (χ2v) is 5.95. The predicted molar refractivity (Wildman–Crippen MR) is 106 cm³/mol. The van der Waals surface area contributed by atoms with Crippen molar-refractivity contribution in [1.29, 1.82) is 0 Å². The van der Waals surface area contributed by atoms with E-state index in [4.69, 9.17) is 28.1 Å². The summed E-state index contributed by atoms with van der Waals surface area (Å²) in [7, 11) is 4.55. The third-order valence-corrected chi connectivity index (χ3v) is 4.11. The minimum atomic E-state index is -0.509. The fourth-order valence-corrected chi connectivity index (χ4v) is 2.70. The monoisotopic (exact) mass is 414 g/mol. The molecule has 30 heavy (non-hydrogen) atoms. The van der Waals surface area contributed by atoms with Crippen molar-refractivity contribution in [3.63, 3.8) is 0 Å². The van der Waals surface area contributed by atoms with Crippen LogP contribution < -0.4 is 18.9 Å². The van der Waals surface area contributed by atoms with Gasteiger partial charge in [-0.15, -0.1) is 10.2 Å². The standard InChI is InChI=1S/C21H22N2O7/c1-5-28-15-8-6-13(7-9-15)21(24)29-12-18-22-23-20(30-18)14-10-16(25-2)19(27-4)17(11-14)26-3/h6-11H,5,12H2,1-4H3. The smallest absolute Gasteiger partial charge is 0.338 e. The van der Waals surface area contributed by atoms with Crippen molar-refractivity contribution in [1.82, 2.24) is 10.2 Å². The average molecular weight is 414 g/mol. The third-order valence-electron chi connectivity index (χ3n) is 4.11. The molecule has 0 aliphatic carbocycles. The van der Waals surface area contributed by atoms with Crippen molar-refractivity contribution in [3.05, 3.63) is 47.9 Å². The van der Waals surface area contributed by atoms with Gasteiger partial charge in [0.2, 0.25) is 11.6 Å². The lowest BCUT2D eigenvalue weighted by molar-refractivity contribution is 0.0438. The summed E-state index contributed by atoms with van der Waals surface area (Å²) >= 11 is 0. The van der Waals surface area contributed by atoms with Crippen LogP contribution in [0.15, 0.2) is 40.8 Å². The molecule has 0 unspecified atom stereocenters. The predicted octanol–water partition coefficient (Wildman–Crippen LogP) is 3.52. The first-order chi connectivity index (χ1) is 14.6. The van der Waals surface area contributed by atoms with Crippen LogP contribution in [0.25, 0.3) is 11.5 Å². The van der Waals surface area contributed by atoms with Crippen LogP contribution in [0.2, 0.25) is 0 Å². The van der Waals surface area contributed by atoms with E-state index in [1.807, 2.05) is 6.92 Å². The van der Waals surface area contributed by atoms with Gasteiger partial charge in [-0.3, -0.25) is 0 Å². The number of esters is 1. The van der Waals surface area contributed by atoms with Crippen LogP contribution in [-0.2, 0) is 11.3 Å². The highest BCUT2D eigenvalue weighted by molar-refractivity contribution is 5.89. The lowest BCUT2D eigenvalue weighted by atomic mass is 10.2. The summed E-state index contributed by atoms with van der Waals surface area (Å²) in [5.41, 5.74) is 0.962. The highest BCUT2D eigenvalue weighted by Crippen LogP contribution is 2.40. The first-order valence-corrected chi connectivity index (χ1v) is 9.12. The van der Waals surface area contributed by atoms with Gasteiger partial charge in [0.1, 0.15) is 5.75 Å². The van der Waals surface area contributed by atoms with Crippen LogP contribution in [0, 0.1) is 0 Å². The largest absolute Gasteiger partial charge is 0.494 e. The van der Waals surface area contributed by atoms with Crippen molar-refractivity contribution in [2.24, 2.45) is 0 Å². The Morgan fingerprint density at radius 2 is 1.63 bits per heavy atom. The summed E-state index contributed by atoms with van der Waals surface area (Å²) in [6.45, 7) is 2.28. The van der Waals surface area contributed by atoms with Gasteiger partial charge in [0.15, 0.2) is 18.1 Å². The van der Waals surface area contributed by atoms with Crippen LogP contribution in [0.1, 0.15) is 23.2 Å². The first-order valence-electron chi connectivity index (χ1n) is 9.12. The molecule has 3 aromatic rings. The molecule has 0 bridgehead atoms. The summed E-state index contributed by atoms with van der Waals surface area (Å²) in [5.74, 6) is 1.90. The summed E-state index contributed by atoms with van der Waals surface area (Å²) in [4.78, 5) is 12.2. The van der Waals surface area contributed by atoms with Crippen LogP contribution in [0.3, 0.4) is 0 Å². The zero-order chi connectivity index (χ0) is 21.5. The van der Waals surface area contributed by atoms with Crippen LogP contribution >= 0.6 is 0 Å². The number of methoxy groups -OCH3 is 3. The third kappa shape index (κ3) is 4.62. The minimum absolute atomic E-state index is 0.151. The second kappa shape index (κ2) is 9.64. The van der Waals surface area contributed by atoms with Crippen molar-refractivity contribution in [2.45, 2.75) is 13.5 Å². The number of carbonyl (C=O) groups is 1. The van der Waals surface area contributed by atoms with Gasteiger partial charge < -0.3 is 28.1 Å². The maximum atomic E-state index is 12.2.